The number of rotatable bonds is 3. The third-order valence-electron chi connectivity index (χ3n) is 11.1. The number of hydrogen-bond donors (Lipinski definition) is 0. The maximum atomic E-state index is 2.47. The summed E-state index contributed by atoms with van der Waals surface area (Å²) in [6.07, 6.45) is 0. The molecule has 0 N–H and O–H groups in total. The van der Waals surface area contributed by atoms with Crippen LogP contribution in [0, 0.1) is 0 Å². The van der Waals surface area contributed by atoms with Gasteiger partial charge in [-0.1, -0.05) is 178 Å². The topological polar surface area (TPSA) is 0 Å². The van der Waals surface area contributed by atoms with Crippen LogP contribution in [-0.2, 0) is 5.41 Å². The molecule has 10 rings (SSSR count). The van der Waals surface area contributed by atoms with Crippen molar-refractivity contribution in [3.8, 4) is 44.5 Å². The van der Waals surface area contributed by atoms with E-state index in [0.717, 1.165) is 0 Å². The van der Waals surface area contributed by atoms with Gasteiger partial charge in [-0.25, -0.2) is 0 Å². The Morgan fingerprint density at radius 2 is 0.776 bits per heavy atom. The Morgan fingerprint density at radius 3 is 1.51 bits per heavy atom. The van der Waals surface area contributed by atoms with Crippen molar-refractivity contribution in [3.63, 3.8) is 0 Å². The predicted molar refractivity (Wildman–Crippen MR) is 210 cm³/mol. The molecule has 9 aromatic rings. The molecule has 0 amide bonds. The van der Waals surface area contributed by atoms with Gasteiger partial charge in [0, 0.05) is 5.41 Å². The first-order valence-corrected chi connectivity index (χ1v) is 17.3. The molecule has 0 atom stereocenters. The van der Waals surface area contributed by atoms with Gasteiger partial charge in [0.15, 0.2) is 0 Å². The van der Waals surface area contributed by atoms with E-state index in [1.54, 1.807) is 0 Å². The van der Waals surface area contributed by atoms with Gasteiger partial charge in [-0.15, -0.1) is 0 Å². The van der Waals surface area contributed by atoms with E-state index in [1.807, 2.05) is 0 Å². The summed E-state index contributed by atoms with van der Waals surface area (Å²) in [5.74, 6) is 0. The maximum Gasteiger partial charge on any atom is 0.0159 e. The highest BCUT2D eigenvalue weighted by molar-refractivity contribution is 6.25. The van der Waals surface area contributed by atoms with Gasteiger partial charge in [0.2, 0.25) is 0 Å². The van der Waals surface area contributed by atoms with Crippen molar-refractivity contribution in [1.82, 2.24) is 0 Å². The molecule has 0 radical (unpaired) electrons. The first-order valence-electron chi connectivity index (χ1n) is 17.3. The third-order valence-corrected chi connectivity index (χ3v) is 11.1. The van der Waals surface area contributed by atoms with Crippen molar-refractivity contribution >= 4 is 43.1 Å². The van der Waals surface area contributed by atoms with Crippen molar-refractivity contribution in [2.75, 3.05) is 0 Å². The van der Waals surface area contributed by atoms with Crippen LogP contribution < -0.4 is 0 Å². The summed E-state index contributed by atoms with van der Waals surface area (Å²) in [7, 11) is 0. The highest BCUT2D eigenvalue weighted by Gasteiger charge is 2.37. The molecule has 49 heavy (non-hydrogen) atoms. The molecule has 0 saturated heterocycles. The minimum atomic E-state index is -0.0788. The zero-order valence-corrected chi connectivity index (χ0v) is 27.7. The first kappa shape index (κ1) is 28.1. The quantitative estimate of drug-likeness (QED) is 0.172. The molecule has 0 saturated carbocycles. The zero-order valence-electron chi connectivity index (χ0n) is 27.7. The largest absolute Gasteiger partial charge is 0.0619 e. The van der Waals surface area contributed by atoms with E-state index in [9.17, 15) is 0 Å². The fraction of sp³-hybridized carbons (Fsp3) is 0.0612. The van der Waals surface area contributed by atoms with E-state index in [4.69, 9.17) is 0 Å². The van der Waals surface area contributed by atoms with Gasteiger partial charge in [0.05, 0.1) is 0 Å². The Balaban J connectivity index is 1.39. The number of benzene rings is 9. The second kappa shape index (κ2) is 10.5. The molecule has 230 valence electrons. The minimum absolute atomic E-state index is 0.0788. The average molecular weight is 623 g/mol. The fourth-order valence-electron chi connectivity index (χ4n) is 8.81. The monoisotopic (exact) mass is 622 g/mol. The van der Waals surface area contributed by atoms with Crippen molar-refractivity contribution in [2.24, 2.45) is 0 Å². The summed E-state index contributed by atoms with van der Waals surface area (Å²) < 4.78 is 0. The van der Waals surface area contributed by atoms with E-state index >= 15 is 0 Å². The molecule has 0 fully saturated rings. The maximum absolute atomic E-state index is 2.47. The molecule has 0 bridgehead atoms. The molecule has 0 spiro atoms. The Labute approximate surface area is 286 Å². The summed E-state index contributed by atoms with van der Waals surface area (Å²) >= 11 is 0. The van der Waals surface area contributed by atoms with E-state index in [0.29, 0.717) is 0 Å². The summed E-state index contributed by atoms with van der Waals surface area (Å²) in [5.41, 5.74) is 13.1. The van der Waals surface area contributed by atoms with Gasteiger partial charge in [-0.3, -0.25) is 0 Å². The lowest BCUT2D eigenvalue weighted by atomic mass is 9.80. The smallest absolute Gasteiger partial charge is 0.0159 e. The van der Waals surface area contributed by atoms with E-state index in [2.05, 4.69) is 184 Å². The van der Waals surface area contributed by atoms with E-state index in [1.165, 1.54) is 98.7 Å². The third kappa shape index (κ3) is 4.04. The van der Waals surface area contributed by atoms with Gasteiger partial charge in [0.25, 0.3) is 0 Å². The predicted octanol–water partition coefficient (Wildman–Crippen LogP) is 13.6. The van der Waals surface area contributed by atoms with Crippen molar-refractivity contribution in [3.05, 3.63) is 181 Å². The Hall–Kier alpha value is -5.98. The van der Waals surface area contributed by atoms with Crippen LogP contribution in [-0.4, -0.2) is 0 Å². The van der Waals surface area contributed by atoms with Crippen LogP contribution in [0.25, 0.3) is 87.6 Å². The minimum Gasteiger partial charge on any atom is -0.0619 e. The van der Waals surface area contributed by atoms with Crippen LogP contribution >= 0.6 is 0 Å². The normalized spacial score (nSPS) is 13.3. The first-order chi connectivity index (χ1) is 24.1. The summed E-state index contributed by atoms with van der Waals surface area (Å²) in [6, 6.07) is 63.2. The molecular formula is C49H34. The van der Waals surface area contributed by atoms with Gasteiger partial charge in [-0.2, -0.15) is 0 Å². The molecule has 0 heterocycles. The molecule has 9 aromatic carbocycles. The SMILES string of the molecule is CC1(C)c2ccccc2-c2c(-c3c4ccccc4c(-c4cccc5ccccc45)c4ccc(-c5cccc6ccccc56)cc34)cccc21. The van der Waals surface area contributed by atoms with Crippen LogP contribution in [0.3, 0.4) is 0 Å². The molecule has 1 aliphatic rings. The lowest BCUT2D eigenvalue weighted by Gasteiger charge is -2.23. The zero-order chi connectivity index (χ0) is 32.7. The van der Waals surface area contributed by atoms with Gasteiger partial charge >= 0.3 is 0 Å². The second-order valence-electron chi connectivity index (χ2n) is 14.0. The van der Waals surface area contributed by atoms with Crippen LogP contribution in [0.1, 0.15) is 25.0 Å². The summed E-state index contributed by atoms with van der Waals surface area (Å²) in [5, 5.41) is 10.2. The Kier molecular flexibility index (Phi) is 6.02. The fourth-order valence-corrected chi connectivity index (χ4v) is 8.81. The molecule has 0 aromatic heterocycles. The lowest BCUT2D eigenvalue weighted by molar-refractivity contribution is 0.660. The van der Waals surface area contributed by atoms with Gasteiger partial charge in [0.1, 0.15) is 0 Å². The number of hydrogen-bond acceptors (Lipinski definition) is 0. The van der Waals surface area contributed by atoms with Crippen LogP contribution in [0.15, 0.2) is 170 Å². The molecule has 0 aliphatic heterocycles. The Bertz CT molecular complexity index is 2780. The average Bonchev–Trinajstić information content (AvgIpc) is 3.39. The second-order valence-corrected chi connectivity index (χ2v) is 14.0. The highest BCUT2D eigenvalue weighted by Crippen LogP contribution is 2.55. The van der Waals surface area contributed by atoms with Crippen molar-refractivity contribution in [2.45, 2.75) is 19.3 Å². The van der Waals surface area contributed by atoms with Gasteiger partial charge < -0.3 is 0 Å². The van der Waals surface area contributed by atoms with Crippen molar-refractivity contribution < 1.29 is 0 Å². The van der Waals surface area contributed by atoms with E-state index in [-0.39, 0.29) is 5.41 Å². The van der Waals surface area contributed by atoms with Crippen LogP contribution in [0.4, 0.5) is 0 Å². The molecule has 0 heteroatoms. The molecule has 0 nitrogen and oxygen atoms in total. The number of fused-ring (bicyclic) bond motifs is 7. The molecular weight excluding hydrogens is 589 g/mol. The van der Waals surface area contributed by atoms with Crippen LogP contribution in [0.2, 0.25) is 0 Å². The summed E-state index contributed by atoms with van der Waals surface area (Å²) in [6.45, 7) is 4.75. The molecule has 0 unspecified atom stereocenters. The molecule has 1 aliphatic carbocycles. The van der Waals surface area contributed by atoms with E-state index < -0.39 is 0 Å². The summed E-state index contributed by atoms with van der Waals surface area (Å²) in [4.78, 5) is 0. The highest BCUT2D eigenvalue weighted by atomic mass is 14.4. The lowest BCUT2D eigenvalue weighted by Crippen LogP contribution is -2.14. The standard InChI is InChI=1S/C49H34/c1-49(2)44-26-10-9-22-41(44)48-42(25-13-27-45(48)49)47-39-21-8-7-20-38(39)46(37-24-12-17-32-15-4-6-19-35(32)37)40-29-28-33(30-43(40)47)36-23-11-16-31-14-3-5-18-34(31)36/h3-30H,1-2H3. The Morgan fingerprint density at radius 1 is 0.306 bits per heavy atom. The van der Waals surface area contributed by atoms with Gasteiger partial charge in [-0.05, 0) is 105 Å². The van der Waals surface area contributed by atoms with Crippen LogP contribution in [0.5, 0.6) is 0 Å². The van der Waals surface area contributed by atoms with Crippen molar-refractivity contribution in [1.29, 1.82) is 0 Å².